The Hall–Kier alpha value is -3.21. The zero-order chi connectivity index (χ0) is 16.5. The van der Waals surface area contributed by atoms with Gasteiger partial charge < -0.3 is 5.32 Å². The number of hydrogen-bond acceptors (Lipinski definition) is 3. The van der Waals surface area contributed by atoms with Gasteiger partial charge in [0.1, 0.15) is 0 Å². The van der Waals surface area contributed by atoms with Crippen LogP contribution < -0.4 is 10.7 Å². The summed E-state index contributed by atoms with van der Waals surface area (Å²) in [7, 11) is 0. The van der Waals surface area contributed by atoms with Crippen molar-refractivity contribution in [3.05, 3.63) is 71.8 Å². The van der Waals surface area contributed by atoms with Gasteiger partial charge in [0.2, 0.25) is 0 Å². The lowest BCUT2D eigenvalue weighted by Crippen LogP contribution is -2.32. The third-order valence-corrected chi connectivity index (χ3v) is 2.87. The van der Waals surface area contributed by atoms with Gasteiger partial charge in [0.05, 0.1) is 6.21 Å². The third-order valence-electron chi connectivity index (χ3n) is 2.87. The monoisotopic (exact) mass is 307 g/mol. The molecular formula is C18H17N3O2. The number of carbonyl (C=O) groups excluding carboxylic acids is 2. The summed E-state index contributed by atoms with van der Waals surface area (Å²) in [6.07, 6.45) is 3.40. The van der Waals surface area contributed by atoms with Gasteiger partial charge in [0.15, 0.2) is 0 Å². The lowest BCUT2D eigenvalue weighted by molar-refractivity contribution is -0.136. The number of hydrazone groups is 1. The highest BCUT2D eigenvalue weighted by molar-refractivity contribution is 6.39. The summed E-state index contributed by atoms with van der Waals surface area (Å²) in [5.41, 5.74) is 4.63. The molecule has 0 atom stereocenters. The van der Waals surface area contributed by atoms with Crippen molar-refractivity contribution >= 4 is 29.8 Å². The van der Waals surface area contributed by atoms with E-state index in [-0.39, 0.29) is 0 Å². The highest BCUT2D eigenvalue weighted by Gasteiger charge is 2.12. The minimum Gasteiger partial charge on any atom is -0.318 e. The van der Waals surface area contributed by atoms with E-state index >= 15 is 0 Å². The van der Waals surface area contributed by atoms with Crippen LogP contribution in [0.4, 0.5) is 5.69 Å². The molecule has 0 heterocycles. The predicted molar refractivity (Wildman–Crippen MR) is 91.8 cm³/mol. The van der Waals surface area contributed by atoms with Crippen molar-refractivity contribution in [1.29, 1.82) is 0 Å². The van der Waals surface area contributed by atoms with Gasteiger partial charge in [-0.05, 0) is 30.2 Å². The third kappa shape index (κ3) is 5.59. The van der Waals surface area contributed by atoms with Crippen molar-refractivity contribution < 1.29 is 9.59 Å². The molecule has 5 nitrogen and oxygen atoms in total. The minimum absolute atomic E-state index is 0.553. The molecule has 0 aliphatic carbocycles. The van der Waals surface area contributed by atoms with E-state index in [2.05, 4.69) is 15.8 Å². The van der Waals surface area contributed by atoms with Gasteiger partial charge in [0, 0.05) is 5.69 Å². The Labute approximate surface area is 134 Å². The molecule has 0 unspecified atom stereocenters. The van der Waals surface area contributed by atoms with Gasteiger partial charge in [-0.15, -0.1) is 0 Å². The summed E-state index contributed by atoms with van der Waals surface area (Å²) in [5.74, 6) is -1.59. The maximum Gasteiger partial charge on any atom is 0.329 e. The van der Waals surface area contributed by atoms with E-state index in [4.69, 9.17) is 0 Å². The van der Waals surface area contributed by atoms with Crippen molar-refractivity contribution in [1.82, 2.24) is 5.43 Å². The second-order valence-corrected chi connectivity index (χ2v) is 4.82. The van der Waals surface area contributed by atoms with Crippen LogP contribution in [0.25, 0.3) is 6.08 Å². The Balaban J connectivity index is 1.86. The van der Waals surface area contributed by atoms with Crippen molar-refractivity contribution in [3.63, 3.8) is 0 Å². The van der Waals surface area contributed by atoms with Gasteiger partial charge in [-0.3, -0.25) is 9.59 Å². The first kappa shape index (κ1) is 16.2. The van der Waals surface area contributed by atoms with Crippen LogP contribution in [-0.2, 0) is 9.59 Å². The van der Waals surface area contributed by atoms with Crippen molar-refractivity contribution in [3.8, 4) is 0 Å². The summed E-state index contributed by atoms with van der Waals surface area (Å²) >= 11 is 0. The van der Waals surface area contributed by atoms with E-state index in [0.717, 1.165) is 11.1 Å². The molecule has 2 rings (SSSR count). The van der Waals surface area contributed by atoms with Crippen LogP contribution in [0.3, 0.4) is 0 Å². The molecule has 0 fully saturated rings. The lowest BCUT2D eigenvalue weighted by Gasteiger charge is -2.03. The highest BCUT2D eigenvalue weighted by atomic mass is 16.2. The molecule has 0 saturated carbocycles. The number of nitrogens with zero attached hydrogens (tertiary/aromatic N) is 1. The fourth-order valence-corrected chi connectivity index (χ4v) is 1.80. The second-order valence-electron chi connectivity index (χ2n) is 4.82. The van der Waals surface area contributed by atoms with Crippen molar-refractivity contribution in [2.75, 3.05) is 5.32 Å². The van der Waals surface area contributed by atoms with Crippen molar-refractivity contribution in [2.24, 2.45) is 5.10 Å². The summed E-state index contributed by atoms with van der Waals surface area (Å²) in [5, 5.41) is 6.26. The van der Waals surface area contributed by atoms with E-state index in [9.17, 15) is 9.59 Å². The number of hydrogen-bond donors (Lipinski definition) is 2. The van der Waals surface area contributed by atoms with Crippen LogP contribution in [0, 0.1) is 0 Å². The zero-order valence-electron chi connectivity index (χ0n) is 12.7. The topological polar surface area (TPSA) is 70.6 Å². The van der Waals surface area contributed by atoms with E-state index in [1.807, 2.05) is 49.4 Å². The SMILES string of the molecule is CC(C=NNC(=O)C(=O)Nc1ccccc1)=Cc1ccccc1. The Bertz CT molecular complexity index is 722. The van der Waals surface area contributed by atoms with Gasteiger partial charge >= 0.3 is 11.8 Å². The van der Waals surface area contributed by atoms with Gasteiger partial charge in [-0.1, -0.05) is 54.6 Å². The zero-order valence-corrected chi connectivity index (χ0v) is 12.7. The normalized spacial score (nSPS) is 11.3. The molecule has 0 spiro atoms. The van der Waals surface area contributed by atoms with Crippen LogP contribution >= 0.6 is 0 Å². The summed E-state index contributed by atoms with van der Waals surface area (Å²) in [6, 6.07) is 18.5. The molecule has 2 amide bonds. The predicted octanol–water partition coefficient (Wildman–Crippen LogP) is 2.83. The summed E-state index contributed by atoms with van der Waals surface area (Å²) < 4.78 is 0. The average molecular weight is 307 g/mol. The molecule has 0 aliphatic heterocycles. The number of benzene rings is 2. The number of rotatable bonds is 4. The minimum atomic E-state index is -0.822. The molecule has 0 saturated heterocycles. The van der Waals surface area contributed by atoms with Gasteiger partial charge in [-0.25, -0.2) is 5.43 Å². The number of amides is 2. The molecule has 5 heteroatoms. The van der Waals surface area contributed by atoms with Crippen LogP contribution in [0.1, 0.15) is 12.5 Å². The summed E-state index contributed by atoms with van der Waals surface area (Å²) in [6.45, 7) is 1.85. The first-order valence-electron chi connectivity index (χ1n) is 7.08. The second kappa shape index (κ2) is 8.29. The Morgan fingerprint density at radius 1 is 0.913 bits per heavy atom. The number of carbonyl (C=O) groups is 2. The Morgan fingerprint density at radius 2 is 1.52 bits per heavy atom. The molecule has 2 N–H and O–H groups in total. The van der Waals surface area contributed by atoms with Crippen LogP contribution in [0.2, 0.25) is 0 Å². The molecule has 0 aromatic heterocycles. The maximum atomic E-state index is 11.7. The van der Waals surface area contributed by atoms with E-state index in [1.54, 1.807) is 24.3 Å². The largest absolute Gasteiger partial charge is 0.329 e. The first-order chi connectivity index (χ1) is 11.1. The molecule has 23 heavy (non-hydrogen) atoms. The number of anilines is 1. The Kier molecular flexibility index (Phi) is 5.82. The molecule has 116 valence electrons. The van der Waals surface area contributed by atoms with E-state index < -0.39 is 11.8 Å². The van der Waals surface area contributed by atoms with Crippen LogP contribution in [0.5, 0.6) is 0 Å². The lowest BCUT2D eigenvalue weighted by atomic mass is 10.1. The molecule has 0 aliphatic rings. The van der Waals surface area contributed by atoms with E-state index in [1.165, 1.54) is 6.21 Å². The molecule has 0 radical (unpaired) electrons. The molecule has 2 aromatic carbocycles. The van der Waals surface area contributed by atoms with Crippen LogP contribution in [-0.4, -0.2) is 18.0 Å². The van der Waals surface area contributed by atoms with Crippen molar-refractivity contribution in [2.45, 2.75) is 6.92 Å². The van der Waals surface area contributed by atoms with E-state index in [0.29, 0.717) is 5.69 Å². The molecule has 2 aromatic rings. The Morgan fingerprint density at radius 3 is 2.17 bits per heavy atom. The molecular weight excluding hydrogens is 290 g/mol. The van der Waals surface area contributed by atoms with Crippen LogP contribution in [0.15, 0.2) is 71.3 Å². The summed E-state index contributed by atoms with van der Waals surface area (Å²) in [4.78, 5) is 23.3. The highest BCUT2D eigenvalue weighted by Crippen LogP contribution is 2.05. The van der Waals surface area contributed by atoms with Gasteiger partial charge in [0.25, 0.3) is 0 Å². The molecule has 0 bridgehead atoms. The first-order valence-corrected chi connectivity index (χ1v) is 7.08. The standard InChI is InChI=1S/C18H17N3O2/c1-14(12-15-8-4-2-5-9-15)13-19-21-18(23)17(22)20-16-10-6-3-7-11-16/h2-13H,1H3,(H,20,22)(H,21,23). The fourth-order valence-electron chi connectivity index (χ4n) is 1.80. The number of para-hydroxylation sites is 1. The number of nitrogens with one attached hydrogen (secondary N) is 2. The fraction of sp³-hybridized carbons (Fsp3) is 0.0556. The number of allylic oxidation sites excluding steroid dienone is 1. The average Bonchev–Trinajstić information content (AvgIpc) is 2.56. The quantitative estimate of drug-likeness (QED) is 0.518. The smallest absolute Gasteiger partial charge is 0.318 e. The maximum absolute atomic E-state index is 11.7. The van der Waals surface area contributed by atoms with Gasteiger partial charge in [-0.2, -0.15) is 5.10 Å².